The average molecular weight is 536 g/mol. The van der Waals surface area contributed by atoms with Gasteiger partial charge in [0.25, 0.3) is 5.89 Å². The van der Waals surface area contributed by atoms with Gasteiger partial charge in [-0.3, -0.25) is 4.79 Å². The van der Waals surface area contributed by atoms with Crippen LogP contribution in [-0.2, 0) is 17.8 Å². The summed E-state index contributed by atoms with van der Waals surface area (Å²) >= 11 is 1.09. The number of fused-ring (bicyclic) bond motifs is 1. The smallest absolute Gasteiger partial charge is 0.420 e. The fraction of sp³-hybridized carbons (Fsp3) is 0.286. The van der Waals surface area contributed by atoms with Crippen LogP contribution in [0.5, 0.6) is 5.75 Å². The highest BCUT2D eigenvalue weighted by molar-refractivity contribution is 7.99. The zero-order valence-electron chi connectivity index (χ0n) is 17.9. The fourth-order valence-electron chi connectivity index (χ4n) is 3.35. The van der Waals surface area contributed by atoms with Crippen molar-refractivity contribution in [3.63, 3.8) is 0 Å². The Bertz CT molecular complexity index is 1260. The number of anilines is 1. The van der Waals surface area contributed by atoms with E-state index in [2.05, 4.69) is 14.9 Å². The number of carbonyl (C=O) groups is 1. The lowest BCUT2D eigenvalue weighted by molar-refractivity contribution is -0.274. The zero-order valence-corrected chi connectivity index (χ0v) is 18.7. The van der Waals surface area contributed by atoms with E-state index in [4.69, 9.17) is 10.2 Å². The molecule has 36 heavy (non-hydrogen) atoms. The lowest BCUT2D eigenvalue weighted by Gasteiger charge is -2.25. The van der Waals surface area contributed by atoms with Gasteiger partial charge in [0.15, 0.2) is 0 Å². The number of carbonyl (C=O) groups excluding carboxylic acids is 1. The first-order chi connectivity index (χ1) is 16.8. The van der Waals surface area contributed by atoms with E-state index in [1.165, 1.54) is 23.1 Å². The van der Waals surface area contributed by atoms with E-state index in [1.54, 1.807) is 0 Å². The van der Waals surface area contributed by atoms with Gasteiger partial charge in [-0.15, -0.1) is 35.1 Å². The van der Waals surface area contributed by atoms with Crippen molar-refractivity contribution in [1.29, 1.82) is 0 Å². The third-order valence-corrected chi connectivity index (χ3v) is 6.05. The first-order valence-corrected chi connectivity index (χ1v) is 11.0. The van der Waals surface area contributed by atoms with E-state index in [0.29, 0.717) is 10.5 Å². The van der Waals surface area contributed by atoms with Crippen molar-refractivity contribution >= 4 is 23.4 Å². The van der Waals surface area contributed by atoms with Crippen LogP contribution >= 0.6 is 11.8 Å². The lowest BCUT2D eigenvalue weighted by atomic mass is 10.1. The summed E-state index contributed by atoms with van der Waals surface area (Å²) in [4.78, 5) is 14.5. The summed E-state index contributed by atoms with van der Waals surface area (Å²) in [5.74, 6) is -3.07. The van der Waals surface area contributed by atoms with Gasteiger partial charge in [-0.05, 0) is 29.8 Å². The maximum Gasteiger partial charge on any atom is 0.573 e. The molecule has 0 saturated carbocycles. The summed E-state index contributed by atoms with van der Waals surface area (Å²) < 4.78 is 98.8. The molecule has 4 rings (SSSR count). The summed E-state index contributed by atoms with van der Waals surface area (Å²) in [5, 5.41) is 6.78. The first-order valence-electron chi connectivity index (χ1n) is 10.1. The predicted molar refractivity (Wildman–Crippen MR) is 112 cm³/mol. The number of hydrogen-bond acceptors (Lipinski definition) is 7. The fourth-order valence-corrected chi connectivity index (χ4v) is 4.36. The van der Waals surface area contributed by atoms with Crippen LogP contribution in [0.4, 0.5) is 36.4 Å². The Hall–Kier alpha value is -3.33. The molecule has 2 heterocycles. The number of alkyl halides is 6. The molecule has 192 valence electrons. The second kappa shape index (κ2) is 9.61. The molecule has 1 amide bonds. The highest BCUT2D eigenvalue weighted by atomic mass is 32.2. The molecule has 2 aromatic carbocycles. The minimum absolute atomic E-state index is 0.107. The molecule has 0 fully saturated rings. The van der Waals surface area contributed by atoms with Crippen LogP contribution in [-0.4, -0.2) is 40.4 Å². The van der Waals surface area contributed by atoms with Crippen molar-refractivity contribution in [2.75, 3.05) is 10.7 Å². The molecular weight excluding hydrogens is 521 g/mol. The van der Waals surface area contributed by atoms with Crippen molar-refractivity contribution in [2.24, 2.45) is 5.73 Å². The highest BCUT2D eigenvalue weighted by Crippen LogP contribution is 2.39. The number of nitrogens with two attached hydrogens (primary N) is 1. The van der Waals surface area contributed by atoms with Gasteiger partial charge in [0.05, 0.1) is 23.8 Å². The lowest BCUT2D eigenvalue weighted by Crippen LogP contribution is -2.44. The highest BCUT2D eigenvalue weighted by Gasteiger charge is 2.34. The van der Waals surface area contributed by atoms with Gasteiger partial charge < -0.3 is 19.8 Å². The normalized spacial score (nSPS) is 16.6. The molecular formula is C21H15F7N4O3S. The van der Waals surface area contributed by atoms with Crippen molar-refractivity contribution in [2.45, 2.75) is 36.4 Å². The van der Waals surface area contributed by atoms with Gasteiger partial charge >= 0.3 is 12.5 Å². The van der Waals surface area contributed by atoms with E-state index in [9.17, 15) is 35.5 Å². The SMILES string of the molecule is NC1CSc2cc(F)c(-c3nnc(CC(F)(F)F)o3)cc2N(Cc2ccc(OC(F)(F)F)cc2)C1=O. The second-order valence-corrected chi connectivity index (χ2v) is 8.69. The minimum Gasteiger partial charge on any atom is -0.420 e. The molecule has 0 radical (unpaired) electrons. The number of nitrogens with zero attached hydrogens (tertiary/aromatic N) is 3. The molecule has 3 aromatic rings. The molecule has 1 aliphatic rings. The molecule has 7 nitrogen and oxygen atoms in total. The van der Waals surface area contributed by atoms with E-state index >= 15 is 0 Å². The number of benzene rings is 2. The van der Waals surface area contributed by atoms with E-state index < -0.39 is 54.3 Å². The summed E-state index contributed by atoms with van der Waals surface area (Å²) in [6.45, 7) is -0.152. The Morgan fingerprint density at radius 2 is 1.81 bits per heavy atom. The van der Waals surface area contributed by atoms with Gasteiger partial charge in [0, 0.05) is 10.6 Å². The predicted octanol–water partition coefficient (Wildman–Crippen LogP) is 4.85. The third-order valence-electron chi connectivity index (χ3n) is 4.89. The van der Waals surface area contributed by atoms with Crippen LogP contribution in [0.15, 0.2) is 45.7 Å². The van der Waals surface area contributed by atoms with Gasteiger partial charge in [0.2, 0.25) is 11.8 Å². The molecule has 1 unspecified atom stereocenters. The monoisotopic (exact) mass is 536 g/mol. The van der Waals surface area contributed by atoms with Gasteiger partial charge in [-0.25, -0.2) is 4.39 Å². The van der Waals surface area contributed by atoms with Crippen LogP contribution in [0.25, 0.3) is 11.5 Å². The van der Waals surface area contributed by atoms with Crippen LogP contribution in [0, 0.1) is 5.82 Å². The summed E-state index contributed by atoms with van der Waals surface area (Å²) in [6, 6.07) is 6.02. The maximum absolute atomic E-state index is 14.9. The van der Waals surface area contributed by atoms with Crippen LogP contribution in [0.1, 0.15) is 11.5 Å². The Kier molecular flexibility index (Phi) is 6.88. The third kappa shape index (κ3) is 6.07. The van der Waals surface area contributed by atoms with Gasteiger partial charge in [-0.1, -0.05) is 12.1 Å². The molecule has 15 heteroatoms. The number of rotatable bonds is 5. The topological polar surface area (TPSA) is 94.5 Å². The van der Waals surface area contributed by atoms with E-state index in [1.807, 2.05) is 0 Å². The minimum atomic E-state index is -4.87. The standard InChI is InChI=1S/C21H15F7N4O3S/c22-13-6-16-15(5-12(13)18-31-30-17(34-18)7-20(23,24)25)32(19(33)14(29)9-36-16)8-10-1-3-11(4-2-10)35-21(26,27)28/h1-6,14H,7-9,29H2. The molecule has 2 N–H and O–H groups in total. The average Bonchev–Trinajstić information content (AvgIpc) is 3.18. The summed E-state index contributed by atoms with van der Waals surface area (Å²) in [5.41, 5.74) is 6.18. The number of halogens is 7. The van der Waals surface area contributed by atoms with Crippen molar-refractivity contribution in [3.05, 3.63) is 53.7 Å². The molecule has 0 bridgehead atoms. The Morgan fingerprint density at radius 3 is 2.44 bits per heavy atom. The molecule has 1 aliphatic heterocycles. The molecule has 0 spiro atoms. The number of thioether (sulfide) groups is 1. The Labute approximate surface area is 202 Å². The number of hydrogen-bond donors (Lipinski definition) is 1. The Balaban J connectivity index is 1.68. The molecule has 1 aromatic heterocycles. The van der Waals surface area contributed by atoms with Crippen LogP contribution in [0.3, 0.4) is 0 Å². The molecule has 1 atom stereocenters. The molecule has 0 aliphatic carbocycles. The maximum atomic E-state index is 14.9. The number of ether oxygens (including phenoxy) is 1. The number of amides is 1. The number of aromatic nitrogens is 2. The summed E-state index contributed by atoms with van der Waals surface area (Å²) in [6.07, 6.45) is -11.0. The van der Waals surface area contributed by atoms with E-state index in [0.717, 1.165) is 30.0 Å². The van der Waals surface area contributed by atoms with Crippen molar-refractivity contribution < 1.29 is 44.7 Å². The van der Waals surface area contributed by atoms with E-state index in [-0.39, 0.29) is 23.5 Å². The van der Waals surface area contributed by atoms with Crippen LogP contribution in [0.2, 0.25) is 0 Å². The first kappa shape index (κ1) is 25.8. The molecule has 0 saturated heterocycles. The largest absolute Gasteiger partial charge is 0.573 e. The van der Waals surface area contributed by atoms with Crippen molar-refractivity contribution in [1.82, 2.24) is 10.2 Å². The zero-order chi connectivity index (χ0) is 26.3. The van der Waals surface area contributed by atoms with Crippen LogP contribution < -0.4 is 15.4 Å². The van der Waals surface area contributed by atoms with Gasteiger partial charge in [0.1, 0.15) is 18.0 Å². The Morgan fingerprint density at radius 1 is 1.11 bits per heavy atom. The quantitative estimate of drug-likeness (QED) is 0.466. The van der Waals surface area contributed by atoms with Gasteiger partial charge in [-0.2, -0.15) is 13.2 Å². The summed E-state index contributed by atoms with van der Waals surface area (Å²) in [7, 11) is 0. The van der Waals surface area contributed by atoms with Crippen molar-refractivity contribution in [3.8, 4) is 17.2 Å². The second-order valence-electron chi connectivity index (χ2n) is 7.63.